The van der Waals surface area contributed by atoms with Crippen LogP contribution in [0.4, 0.5) is 5.82 Å². The van der Waals surface area contributed by atoms with E-state index in [9.17, 15) is 9.59 Å². The second-order valence-corrected chi connectivity index (χ2v) is 6.05. The second-order valence-electron chi connectivity index (χ2n) is 6.05. The smallest absolute Gasteiger partial charge is 0.305 e. The Balaban J connectivity index is 0.00000338. The molecule has 0 spiro atoms. The number of halogens is 1. The third-order valence-electron chi connectivity index (χ3n) is 4.33. The molecule has 0 saturated carbocycles. The standard InChI is InChI=1S/C17H25N5O3.ClH/c1-25-15(23)3-2-8-20-17(24)12-6-9-22(10-7-12)14-5-4-13(11-21-14)16(18)19;/h4-5,11-12H,2-3,6-10H2,1H3,(H3,18,19)(H,20,24);1H. The first-order valence-corrected chi connectivity index (χ1v) is 8.41. The molecule has 4 N–H and O–H groups in total. The van der Waals surface area contributed by atoms with Gasteiger partial charge in [0.25, 0.3) is 0 Å². The van der Waals surface area contributed by atoms with Crippen molar-refractivity contribution in [1.82, 2.24) is 10.3 Å². The molecule has 1 aromatic heterocycles. The van der Waals surface area contributed by atoms with Gasteiger partial charge in [0.15, 0.2) is 0 Å². The average molecular weight is 384 g/mol. The molecule has 26 heavy (non-hydrogen) atoms. The molecule has 1 amide bonds. The van der Waals surface area contributed by atoms with Crippen LogP contribution in [0.2, 0.25) is 0 Å². The van der Waals surface area contributed by atoms with Crippen LogP contribution in [-0.2, 0) is 14.3 Å². The molecule has 2 rings (SSSR count). The Morgan fingerprint density at radius 1 is 1.38 bits per heavy atom. The summed E-state index contributed by atoms with van der Waals surface area (Å²) in [5, 5.41) is 10.3. The third-order valence-corrected chi connectivity index (χ3v) is 4.33. The molecule has 8 nitrogen and oxygen atoms in total. The molecule has 0 bridgehead atoms. The van der Waals surface area contributed by atoms with Crippen molar-refractivity contribution < 1.29 is 14.3 Å². The van der Waals surface area contributed by atoms with Gasteiger partial charge in [0.1, 0.15) is 11.7 Å². The average Bonchev–Trinajstić information content (AvgIpc) is 2.65. The molecule has 0 radical (unpaired) electrons. The van der Waals surface area contributed by atoms with Crippen LogP contribution in [0.15, 0.2) is 18.3 Å². The zero-order valence-corrected chi connectivity index (χ0v) is 15.7. The van der Waals surface area contributed by atoms with Gasteiger partial charge in [0.05, 0.1) is 7.11 Å². The third kappa shape index (κ3) is 6.18. The van der Waals surface area contributed by atoms with E-state index in [4.69, 9.17) is 11.1 Å². The first-order valence-electron chi connectivity index (χ1n) is 8.41. The Morgan fingerprint density at radius 3 is 2.62 bits per heavy atom. The lowest BCUT2D eigenvalue weighted by Gasteiger charge is -2.32. The van der Waals surface area contributed by atoms with Gasteiger partial charge in [0.2, 0.25) is 5.91 Å². The molecule has 1 aliphatic rings. The number of nitrogens with one attached hydrogen (secondary N) is 2. The Bertz CT molecular complexity index is 615. The molecule has 0 aromatic carbocycles. The van der Waals surface area contributed by atoms with E-state index in [0.717, 1.165) is 31.7 Å². The van der Waals surface area contributed by atoms with E-state index in [2.05, 4.69) is 19.9 Å². The minimum absolute atomic E-state index is 0. The first kappa shape index (κ1) is 21.7. The fourth-order valence-electron chi connectivity index (χ4n) is 2.79. The number of carbonyl (C=O) groups is 2. The molecule has 1 fully saturated rings. The molecule has 0 atom stereocenters. The number of piperidine rings is 1. The highest BCUT2D eigenvalue weighted by Gasteiger charge is 2.25. The summed E-state index contributed by atoms with van der Waals surface area (Å²) in [6.07, 6.45) is 4.02. The lowest BCUT2D eigenvalue weighted by atomic mass is 9.96. The van der Waals surface area contributed by atoms with Gasteiger partial charge in [-0.2, -0.15) is 0 Å². The molecule has 1 aromatic rings. The molecule has 9 heteroatoms. The van der Waals surface area contributed by atoms with E-state index in [1.807, 2.05) is 6.07 Å². The van der Waals surface area contributed by atoms with Crippen LogP contribution < -0.4 is 16.0 Å². The van der Waals surface area contributed by atoms with Crippen LogP contribution >= 0.6 is 12.4 Å². The molecule has 1 saturated heterocycles. The maximum Gasteiger partial charge on any atom is 0.305 e. The van der Waals surface area contributed by atoms with E-state index in [0.29, 0.717) is 24.9 Å². The summed E-state index contributed by atoms with van der Waals surface area (Å²) >= 11 is 0. The van der Waals surface area contributed by atoms with Crippen molar-refractivity contribution in [3.05, 3.63) is 23.9 Å². The number of ether oxygens (including phenoxy) is 1. The number of hydrogen-bond acceptors (Lipinski definition) is 6. The summed E-state index contributed by atoms with van der Waals surface area (Å²) in [6.45, 7) is 2.00. The minimum atomic E-state index is -0.258. The maximum atomic E-state index is 12.2. The largest absolute Gasteiger partial charge is 0.469 e. The topological polar surface area (TPSA) is 121 Å². The van der Waals surface area contributed by atoms with Gasteiger partial charge in [-0.25, -0.2) is 4.98 Å². The number of amides is 1. The summed E-state index contributed by atoms with van der Waals surface area (Å²) in [6, 6.07) is 3.63. The zero-order chi connectivity index (χ0) is 18.2. The van der Waals surface area contributed by atoms with Crippen molar-refractivity contribution in [3.63, 3.8) is 0 Å². The SMILES string of the molecule is COC(=O)CCCNC(=O)C1CCN(c2ccc(C(=N)N)cn2)CC1.Cl. The Labute approximate surface area is 159 Å². The first-order chi connectivity index (χ1) is 12.0. The van der Waals surface area contributed by atoms with Crippen LogP contribution in [0.25, 0.3) is 0 Å². The fraction of sp³-hybridized carbons (Fsp3) is 0.529. The van der Waals surface area contributed by atoms with Crippen molar-refractivity contribution in [2.45, 2.75) is 25.7 Å². The molecular weight excluding hydrogens is 358 g/mol. The van der Waals surface area contributed by atoms with Gasteiger partial charge < -0.3 is 20.7 Å². The van der Waals surface area contributed by atoms with E-state index < -0.39 is 0 Å². The minimum Gasteiger partial charge on any atom is -0.469 e. The predicted octanol–water partition coefficient (Wildman–Crippen LogP) is 1.07. The van der Waals surface area contributed by atoms with Crippen molar-refractivity contribution in [2.24, 2.45) is 11.7 Å². The molecule has 0 unspecified atom stereocenters. The summed E-state index contributed by atoms with van der Waals surface area (Å²) in [5.41, 5.74) is 6.03. The zero-order valence-electron chi connectivity index (χ0n) is 14.9. The van der Waals surface area contributed by atoms with Gasteiger partial charge in [-0.15, -0.1) is 12.4 Å². The number of hydrogen-bond donors (Lipinski definition) is 3. The van der Waals surface area contributed by atoms with E-state index >= 15 is 0 Å². The second kappa shape index (κ2) is 10.6. The maximum absolute atomic E-state index is 12.2. The van der Waals surface area contributed by atoms with Crippen LogP contribution in [0, 0.1) is 11.3 Å². The van der Waals surface area contributed by atoms with E-state index in [-0.39, 0.29) is 36.0 Å². The van der Waals surface area contributed by atoms with Gasteiger partial charge in [-0.3, -0.25) is 15.0 Å². The number of nitrogen functional groups attached to an aromatic ring is 1. The van der Waals surface area contributed by atoms with E-state index in [1.54, 1.807) is 12.3 Å². The van der Waals surface area contributed by atoms with Crippen molar-refractivity contribution in [1.29, 1.82) is 5.41 Å². The number of rotatable bonds is 7. The molecule has 2 heterocycles. The number of pyridine rings is 1. The highest BCUT2D eigenvalue weighted by atomic mass is 35.5. The van der Waals surface area contributed by atoms with Crippen LogP contribution in [0.1, 0.15) is 31.2 Å². The quantitative estimate of drug-likeness (QED) is 0.280. The predicted molar refractivity (Wildman–Crippen MR) is 102 cm³/mol. The number of carbonyl (C=O) groups excluding carboxylic acids is 2. The summed E-state index contributed by atoms with van der Waals surface area (Å²) in [5.74, 6) is 0.615. The van der Waals surface area contributed by atoms with Gasteiger partial charge >= 0.3 is 5.97 Å². The summed E-state index contributed by atoms with van der Waals surface area (Å²) in [4.78, 5) is 29.7. The lowest BCUT2D eigenvalue weighted by molar-refractivity contribution is -0.140. The number of amidine groups is 1. The number of nitrogens with zero attached hydrogens (tertiary/aromatic N) is 2. The number of anilines is 1. The molecule has 144 valence electrons. The van der Waals surface area contributed by atoms with Gasteiger partial charge in [-0.1, -0.05) is 0 Å². The number of nitrogens with two attached hydrogens (primary N) is 1. The summed E-state index contributed by atoms with van der Waals surface area (Å²) in [7, 11) is 1.36. The number of esters is 1. The van der Waals surface area contributed by atoms with Crippen LogP contribution in [0.5, 0.6) is 0 Å². The van der Waals surface area contributed by atoms with E-state index in [1.165, 1.54) is 7.11 Å². The fourth-order valence-corrected chi connectivity index (χ4v) is 2.79. The van der Waals surface area contributed by atoms with Crippen molar-refractivity contribution in [3.8, 4) is 0 Å². The van der Waals surface area contributed by atoms with Crippen molar-refractivity contribution in [2.75, 3.05) is 31.6 Å². The lowest BCUT2D eigenvalue weighted by Crippen LogP contribution is -2.41. The highest BCUT2D eigenvalue weighted by Crippen LogP contribution is 2.22. The normalized spacial score (nSPS) is 14.3. The van der Waals surface area contributed by atoms with Gasteiger partial charge in [0, 0.05) is 43.7 Å². The van der Waals surface area contributed by atoms with Crippen LogP contribution in [0.3, 0.4) is 0 Å². The Morgan fingerprint density at radius 2 is 2.08 bits per heavy atom. The van der Waals surface area contributed by atoms with Crippen molar-refractivity contribution >= 4 is 35.9 Å². The highest BCUT2D eigenvalue weighted by molar-refractivity contribution is 5.94. The monoisotopic (exact) mass is 383 g/mol. The Kier molecular flexibility index (Phi) is 8.84. The van der Waals surface area contributed by atoms with Gasteiger partial charge in [-0.05, 0) is 31.4 Å². The van der Waals surface area contributed by atoms with Crippen LogP contribution in [-0.4, -0.2) is 49.4 Å². The molecule has 1 aliphatic heterocycles. The molecular formula is C17H26ClN5O3. The number of aromatic nitrogens is 1. The number of methoxy groups -OCH3 is 1. The molecule has 0 aliphatic carbocycles. The Hall–Kier alpha value is -2.35. The summed E-state index contributed by atoms with van der Waals surface area (Å²) < 4.78 is 4.57.